The van der Waals surface area contributed by atoms with Gasteiger partial charge in [-0.2, -0.15) is 13.2 Å². The average molecular weight is 337 g/mol. The number of benzene rings is 1. The Bertz CT molecular complexity index is 739. The summed E-state index contributed by atoms with van der Waals surface area (Å²) in [4.78, 5) is 19.0. The van der Waals surface area contributed by atoms with Crippen LogP contribution in [0.4, 0.5) is 19.0 Å². The van der Waals surface area contributed by atoms with E-state index in [2.05, 4.69) is 10.3 Å². The molecule has 1 aromatic heterocycles. The lowest BCUT2D eigenvalue weighted by Gasteiger charge is -2.20. The molecule has 1 fully saturated rings. The molecule has 0 atom stereocenters. The minimum absolute atomic E-state index is 0.331. The van der Waals surface area contributed by atoms with Crippen molar-refractivity contribution in [2.45, 2.75) is 25.4 Å². The molecule has 1 N–H and O–H groups in total. The summed E-state index contributed by atoms with van der Waals surface area (Å²) in [6.45, 7) is 1.16. The Kier molecular flexibility index (Phi) is 4.59. The van der Waals surface area contributed by atoms with Crippen LogP contribution in [0.25, 0.3) is 10.9 Å². The molecular formula is C17H18F3N3O. The second-order valence-corrected chi connectivity index (χ2v) is 5.87. The number of para-hydroxylation sites is 1. The van der Waals surface area contributed by atoms with Crippen LogP contribution in [0.2, 0.25) is 0 Å². The third-order valence-electron chi connectivity index (χ3n) is 4.05. The van der Waals surface area contributed by atoms with Crippen molar-refractivity contribution in [2.75, 3.05) is 24.5 Å². The minimum Gasteiger partial charge on any atom is -0.356 e. The number of halogens is 3. The van der Waals surface area contributed by atoms with E-state index in [9.17, 15) is 18.0 Å². The summed E-state index contributed by atoms with van der Waals surface area (Å²) >= 11 is 0. The number of fused-ring (bicyclic) bond motifs is 1. The summed E-state index contributed by atoms with van der Waals surface area (Å²) in [6.07, 6.45) is -3.29. The van der Waals surface area contributed by atoms with Gasteiger partial charge in [0.1, 0.15) is 5.82 Å². The molecule has 0 aliphatic carbocycles. The molecular weight excluding hydrogens is 319 g/mol. The van der Waals surface area contributed by atoms with Crippen LogP contribution in [0.3, 0.4) is 0 Å². The highest BCUT2D eigenvalue weighted by atomic mass is 19.4. The van der Waals surface area contributed by atoms with E-state index in [1.807, 2.05) is 29.2 Å². The van der Waals surface area contributed by atoms with Gasteiger partial charge in [-0.05, 0) is 25.0 Å². The summed E-state index contributed by atoms with van der Waals surface area (Å²) in [5.41, 5.74) is 1.10. The quantitative estimate of drug-likeness (QED) is 0.928. The predicted octanol–water partition coefficient (Wildman–Crippen LogP) is 3.52. The van der Waals surface area contributed by atoms with E-state index >= 15 is 0 Å². The highest BCUT2D eigenvalue weighted by Gasteiger charge is 2.27. The topological polar surface area (TPSA) is 45.2 Å². The summed E-state index contributed by atoms with van der Waals surface area (Å²) in [6, 6.07) is 9.11. The molecule has 128 valence electrons. The number of amides is 1. The highest BCUT2D eigenvalue weighted by Crippen LogP contribution is 2.26. The molecule has 4 nitrogen and oxygen atoms in total. The number of rotatable bonds is 4. The van der Waals surface area contributed by atoms with Crippen LogP contribution < -0.4 is 10.2 Å². The first kappa shape index (κ1) is 16.5. The zero-order chi connectivity index (χ0) is 17.2. The number of hydrogen-bond donors (Lipinski definition) is 1. The van der Waals surface area contributed by atoms with E-state index in [-0.39, 0.29) is 0 Å². The van der Waals surface area contributed by atoms with E-state index < -0.39 is 25.0 Å². The van der Waals surface area contributed by atoms with Gasteiger partial charge in [0.05, 0.1) is 17.5 Å². The number of nitrogens with one attached hydrogen (secondary N) is 1. The van der Waals surface area contributed by atoms with Gasteiger partial charge in [0.25, 0.3) is 5.91 Å². The Morgan fingerprint density at radius 3 is 2.62 bits per heavy atom. The molecule has 0 spiro atoms. The fraction of sp³-hybridized carbons (Fsp3) is 0.412. The molecule has 0 saturated carbocycles. The molecule has 1 aliphatic heterocycles. The van der Waals surface area contributed by atoms with Crippen LogP contribution in [0.1, 0.15) is 29.6 Å². The summed E-state index contributed by atoms with van der Waals surface area (Å²) < 4.78 is 36.8. The third-order valence-corrected chi connectivity index (χ3v) is 4.05. The van der Waals surface area contributed by atoms with Crippen molar-refractivity contribution in [2.24, 2.45) is 0 Å². The largest absolute Gasteiger partial charge is 0.390 e. The standard InChI is InChI=1S/C17H18F3N3O/c18-17(19,20)7-8-21-16(24)13-11-12-5-1-2-6-14(12)22-15(13)23-9-3-4-10-23/h1-2,5-6,11H,3-4,7-10H2,(H,21,24). The van der Waals surface area contributed by atoms with Gasteiger partial charge in [0.2, 0.25) is 0 Å². The number of carbonyl (C=O) groups excluding carboxylic acids is 1. The maximum absolute atomic E-state index is 12.4. The second-order valence-electron chi connectivity index (χ2n) is 5.87. The van der Waals surface area contributed by atoms with Crippen LogP contribution in [0.5, 0.6) is 0 Å². The van der Waals surface area contributed by atoms with Gasteiger partial charge in [-0.15, -0.1) is 0 Å². The van der Waals surface area contributed by atoms with Crippen molar-refractivity contribution in [3.63, 3.8) is 0 Å². The third kappa shape index (κ3) is 3.77. The van der Waals surface area contributed by atoms with Crippen LogP contribution in [0.15, 0.2) is 30.3 Å². The first-order valence-electron chi connectivity index (χ1n) is 7.94. The van der Waals surface area contributed by atoms with Gasteiger partial charge in [-0.3, -0.25) is 4.79 Å². The zero-order valence-corrected chi connectivity index (χ0v) is 13.1. The molecule has 1 saturated heterocycles. The number of aromatic nitrogens is 1. The molecule has 0 bridgehead atoms. The van der Waals surface area contributed by atoms with Gasteiger partial charge >= 0.3 is 6.18 Å². The molecule has 24 heavy (non-hydrogen) atoms. The molecule has 1 aromatic carbocycles. The van der Waals surface area contributed by atoms with Crippen molar-refractivity contribution in [3.05, 3.63) is 35.9 Å². The summed E-state index contributed by atoms with van der Waals surface area (Å²) in [5, 5.41) is 3.15. The predicted molar refractivity (Wildman–Crippen MR) is 86.2 cm³/mol. The van der Waals surface area contributed by atoms with Crippen LogP contribution in [0, 0.1) is 0 Å². The molecule has 2 aromatic rings. The molecule has 3 rings (SSSR count). The maximum atomic E-state index is 12.4. The van der Waals surface area contributed by atoms with Crippen LogP contribution in [-0.4, -0.2) is 36.7 Å². The number of pyridine rings is 1. The maximum Gasteiger partial charge on any atom is 0.390 e. The Morgan fingerprint density at radius 2 is 1.92 bits per heavy atom. The van der Waals surface area contributed by atoms with Crippen molar-refractivity contribution >= 4 is 22.6 Å². The first-order chi connectivity index (χ1) is 11.4. The van der Waals surface area contributed by atoms with E-state index in [1.54, 1.807) is 6.07 Å². The number of nitrogens with zero attached hydrogens (tertiary/aromatic N) is 2. The average Bonchev–Trinajstić information content (AvgIpc) is 3.06. The van der Waals surface area contributed by atoms with Crippen LogP contribution in [-0.2, 0) is 0 Å². The first-order valence-corrected chi connectivity index (χ1v) is 7.94. The smallest absolute Gasteiger partial charge is 0.356 e. The van der Waals surface area contributed by atoms with E-state index in [0.29, 0.717) is 11.4 Å². The minimum atomic E-state index is -4.29. The van der Waals surface area contributed by atoms with Crippen molar-refractivity contribution < 1.29 is 18.0 Å². The molecule has 1 amide bonds. The fourth-order valence-electron chi connectivity index (χ4n) is 2.86. The Balaban J connectivity index is 1.89. The van der Waals surface area contributed by atoms with E-state index in [1.165, 1.54) is 0 Å². The van der Waals surface area contributed by atoms with E-state index in [4.69, 9.17) is 0 Å². The molecule has 7 heteroatoms. The second kappa shape index (κ2) is 6.67. The lowest BCUT2D eigenvalue weighted by molar-refractivity contribution is -0.132. The van der Waals surface area contributed by atoms with E-state index in [0.717, 1.165) is 36.8 Å². The Morgan fingerprint density at radius 1 is 1.21 bits per heavy atom. The Hall–Kier alpha value is -2.31. The summed E-state index contributed by atoms with van der Waals surface area (Å²) in [5.74, 6) is 0.0371. The lowest BCUT2D eigenvalue weighted by Crippen LogP contribution is -2.30. The molecule has 0 unspecified atom stereocenters. The SMILES string of the molecule is O=C(NCCC(F)(F)F)c1cc2ccccc2nc1N1CCCC1. The molecule has 1 aliphatic rings. The van der Waals surface area contributed by atoms with Crippen molar-refractivity contribution in [3.8, 4) is 0 Å². The van der Waals surface area contributed by atoms with Gasteiger partial charge < -0.3 is 10.2 Å². The number of carbonyl (C=O) groups is 1. The van der Waals surface area contributed by atoms with Crippen molar-refractivity contribution in [1.29, 1.82) is 0 Å². The normalized spacial score (nSPS) is 15.0. The lowest BCUT2D eigenvalue weighted by atomic mass is 10.1. The number of hydrogen-bond acceptors (Lipinski definition) is 3. The molecule has 2 heterocycles. The Labute approximate surface area is 137 Å². The number of anilines is 1. The zero-order valence-electron chi connectivity index (χ0n) is 13.1. The van der Waals surface area contributed by atoms with Gasteiger partial charge in [-0.25, -0.2) is 4.98 Å². The van der Waals surface area contributed by atoms with Gasteiger partial charge in [-0.1, -0.05) is 18.2 Å². The summed E-state index contributed by atoms with van der Waals surface area (Å²) in [7, 11) is 0. The monoisotopic (exact) mass is 337 g/mol. The molecule has 0 radical (unpaired) electrons. The van der Waals surface area contributed by atoms with Gasteiger partial charge in [0.15, 0.2) is 0 Å². The van der Waals surface area contributed by atoms with Crippen LogP contribution >= 0.6 is 0 Å². The fourth-order valence-corrected chi connectivity index (χ4v) is 2.86. The highest BCUT2D eigenvalue weighted by molar-refractivity contribution is 6.02. The van der Waals surface area contributed by atoms with Crippen molar-refractivity contribution in [1.82, 2.24) is 10.3 Å². The van der Waals surface area contributed by atoms with Gasteiger partial charge in [0, 0.05) is 25.0 Å². The number of alkyl halides is 3.